The van der Waals surface area contributed by atoms with Gasteiger partial charge in [-0.25, -0.2) is 0 Å². The second kappa shape index (κ2) is 17.0. The van der Waals surface area contributed by atoms with Crippen LogP contribution in [0.15, 0.2) is 24.3 Å². The Hall–Kier alpha value is -3.42. The summed E-state index contributed by atoms with van der Waals surface area (Å²) >= 11 is 0. The van der Waals surface area contributed by atoms with Crippen LogP contribution >= 0.6 is 0 Å². The van der Waals surface area contributed by atoms with Crippen LogP contribution < -0.4 is 0 Å². The normalized spacial score (nSPS) is 13.0. The lowest BCUT2D eigenvalue weighted by molar-refractivity contribution is -0.386. The van der Waals surface area contributed by atoms with Crippen molar-refractivity contribution in [2.24, 2.45) is 0 Å². The molecule has 0 atom stereocenters. The van der Waals surface area contributed by atoms with Gasteiger partial charge in [0.1, 0.15) is 12.6 Å². The van der Waals surface area contributed by atoms with Crippen molar-refractivity contribution in [3.05, 3.63) is 66.7 Å². The van der Waals surface area contributed by atoms with Crippen molar-refractivity contribution < 1.29 is 19.4 Å². The maximum Gasteiger partial charge on any atom is 0.278 e. The smallest absolute Gasteiger partial charge is 0.278 e. The molecule has 0 heterocycles. The van der Waals surface area contributed by atoms with E-state index in [-0.39, 0.29) is 33.6 Å². The molecule has 0 aromatic heterocycles. The number of nitro groups is 2. The van der Waals surface area contributed by atoms with E-state index < -0.39 is 15.3 Å². The molecule has 8 heteroatoms. The summed E-state index contributed by atoms with van der Waals surface area (Å²) in [5.74, 6) is 0. The van der Waals surface area contributed by atoms with Crippen molar-refractivity contribution in [1.82, 2.24) is 0 Å². The van der Waals surface area contributed by atoms with Crippen LogP contribution in [0.4, 0.5) is 11.4 Å². The third kappa shape index (κ3) is 8.36. The predicted molar refractivity (Wildman–Crippen MR) is 171 cm³/mol. The molecule has 0 fully saturated rings. The Balaban J connectivity index is 2.06. The van der Waals surface area contributed by atoms with Gasteiger partial charge in [-0.1, -0.05) is 117 Å². The highest BCUT2D eigenvalue weighted by Gasteiger charge is 2.48. The predicted octanol–water partition coefficient (Wildman–Crippen LogP) is 10.5. The fourth-order valence-electron chi connectivity index (χ4n) is 6.93. The molecule has 2 aromatic carbocycles. The SMILES string of the molecule is CCCCCCCCCCC1(CCCCCCCCCC)c2cc(C=O)cc([N+](=O)[O-])c2-c2c([N+](=O)[O-])cc(C=O)cc21. The molecule has 0 saturated carbocycles. The minimum Gasteiger partial charge on any atom is -0.298 e. The molecule has 0 spiro atoms. The first-order valence-electron chi connectivity index (χ1n) is 16.4. The zero-order valence-electron chi connectivity index (χ0n) is 26.0. The first-order valence-corrected chi connectivity index (χ1v) is 16.4. The van der Waals surface area contributed by atoms with Gasteiger partial charge in [0, 0.05) is 28.7 Å². The molecule has 0 unspecified atom stereocenters. The summed E-state index contributed by atoms with van der Waals surface area (Å²) in [7, 11) is 0. The Bertz CT molecular complexity index is 1170. The average Bonchev–Trinajstić information content (AvgIpc) is 3.27. The second-order valence-electron chi connectivity index (χ2n) is 12.2. The summed E-state index contributed by atoms with van der Waals surface area (Å²) in [6.07, 6.45) is 20.4. The van der Waals surface area contributed by atoms with Crippen LogP contribution in [-0.2, 0) is 5.41 Å². The van der Waals surface area contributed by atoms with Crippen LogP contribution in [0.2, 0.25) is 0 Å². The quantitative estimate of drug-likeness (QED) is 0.0580. The molecular weight excluding hydrogens is 544 g/mol. The number of hydrogen-bond acceptors (Lipinski definition) is 6. The van der Waals surface area contributed by atoms with E-state index in [1.807, 2.05) is 0 Å². The number of rotatable bonds is 22. The van der Waals surface area contributed by atoms with Crippen LogP contribution in [0.3, 0.4) is 0 Å². The van der Waals surface area contributed by atoms with Gasteiger partial charge in [0.25, 0.3) is 11.4 Å². The van der Waals surface area contributed by atoms with Crippen molar-refractivity contribution in [2.75, 3.05) is 0 Å². The number of unbranched alkanes of at least 4 members (excludes halogenated alkanes) is 14. The minimum atomic E-state index is -0.747. The highest BCUT2D eigenvalue weighted by atomic mass is 16.6. The number of nitrogens with zero attached hydrogens (tertiary/aromatic N) is 2. The van der Waals surface area contributed by atoms with E-state index >= 15 is 0 Å². The fraction of sp³-hybridized carbons (Fsp3) is 0.600. The van der Waals surface area contributed by atoms with Gasteiger partial charge >= 0.3 is 0 Å². The molecule has 0 radical (unpaired) electrons. The summed E-state index contributed by atoms with van der Waals surface area (Å²) in [6.45, 7) is 4.40. The number of hydrogen-bond donors (Lipinski definition) is 0. The largest absolute Gasteiger partial charge is 0.298 e. The summed E-state index contributed by atoms with van der Waals surface area (Å²) in [5, 5.41) is 24.7. The molecule has 0 bridgehead atoms. The van der Waals surface area contributed by atoms with Gasteiger partial charge in [-0.3, -0.25) is 29.8 Å². The molecule has 2 aromatic rings. The third-order valence-electron chi connectivity index (χ3n) is 9.14. The summed E-state index contributed by atoms with van der Waals surface area (Å²) in [5.41, 5.74) is 0.741. The lowest BCUT2D eigenvalue weighted by Gasteiger charge is -2.33. The minimum absolute atomic E-state index is 0.188. The lowest BCUT2D eigenvalue weighted by atomic mass is 9.70. The maximum absolute atomic E-state index is 12.3. The van der Waals surface area contributed by atoms with Gasteiger partial charge in [0.15, 0.2) is 0 Å². The number of nitro benzene ring substituents is 2. The highest BCUT2D eigenvalue weighted by molar-refractivity contribution is 5.96. The number of aldehydes is 2. The Morgan fingerprint density at radius 1 is 0.558 bits per heavy atom. The Kier molecular flexibility index (Phi) is 13.5. The standard InChI is InChI=1S/C35H48N2O6/c1-3-5-7-9-11-13-15-17-19-35(20-18-16-14-12-10-8-6-4-2)29-21-27(25-38)23-31(36(40)41)33(29)34-30(35)22-28(26-39)24-32(34)37(42)43/h21-26H,3-20H2,1-2H3. The molecule has 0 saturated heterocycles. The fourth-order valence-corrected chi connectivity index (χ4v) is 6.93. The number of fused-ring (bicyclic) bond motifs is 3. The maximum atomic E-state index is 12.3. The molecular formula is C35H48N2O6. The monoisotopic (exact) mass is 592 g/mol. The van der Waals surface area contributed by atoms with Gasteiger partial charge < -0.3 is 0 Å². The van der Waals surface area contributed by atoms with E-state index in [1.54, 1.807) is 12.1 Å². The molecule has 1 aliphatic rings. The summed E-state index contributed by atoms with van der Waals surface area (Å²) in [4.78, 5) is 47.5. The van der Waals surface area contributed by atoms with Crippen molar-refractivity contribution in [3.63, 3.8) is 0 Å². The van der Waals surface area contributed by atoms with Gasteiger partial charge in [0.05, 0.1) is 21.0 Å². The topological polar surface area (TPSA) is 120 Å². The first-order chi connectivity index (χ1) is 20.8. The van der Waals surface area contributed by atoms with Gasteiger partial charge in [-0.05, 0) is 36.1 Å². The second-order valence-corrected chi connectivity index (χ2v) is 12.2. The van der Waals surface area contributed by atoms with E-state index in [1.165, 1.54) is 63.5 Å². The number of benzene rings is 2. The number of carbonyl (C=O) groups excluding carboxylic acids is 2. The molecule has 234 valence electrons. The third-order valence-corrected chi connectivity index (χ3v) is 9.14. The number of carbonyl (C=O) groups is 2. The van der Waals surface area contributed by atoms with Gasteiger partial charge in [-0.2, -0.15) is 0 Å². The zero-order chi connectivity index (χ0) is 31.2. The first kappa shape index (κ1) is 34.1. The van der Waals surface area contributed by atoms with Gasteiger partial charge in [-0.15, -0.1) is 0 Å². The lowest BCUT2D eigenvalue weighted by Crippen LogP contribution is -2.26. The summed E-state index contributed by atoms with van der Waals surface area (Å²) < 4.78 is 0. The van der Waals surface area contributed by atoms with Crippen LogP contribution in [-0.4, -0.2) is 22.4 Å². The van der Waals surface area contributed by atoms with Crippen LogP contribution in [0.1, 0.15) is 161 Å². The van der Waals surface area contributed by atoms with Crippen molar-refractivity contribution in [2.45, 2.75) is 135 Å². The molecule has 1 aliphatic carbocycles. The Morgan fingerprint density at radius 3 is 1.19 bits per heavy atom. The van der Waals surface area contributed by atoms with E-state index in [0.29, 0.717) is 36.5 Å². The summed E-state index contributed by atoms with van der Waals surface area (Å²) in [6, 6.07) is 5.84. The molecule has 43 heavy (non-hydrogen) atoms. The van der Waals surface area contributed by atoms with E-state index in [0.717, 1.165) is 51.4 Å². The van der Waals surface area contributed by atoms with Crippen molar-refractivity contribution in [1.29, 1.82) is 0 Å². The van der Waals surface area contributed by atoms with Crippen LogP contribution in [0.25, 0.3) is 11.1 Å². The molecule has 3 rings (SSSR count). The molecule has 8 nitrogen and oxygen atoms in total. The molecule has 0 N–H and O–H groups in total. The average molecular weight is 593 g/mol. The molecule has 0 amide bonds. The Morgan fingerprint density at radius 2 is 0.884 bits per heavy atom. The van der Waals surface area contributed by atoms with Gasteiger partial charge in [0.2, 0.25) is 0 Å². The zero-order valence-corrected chi connectivity index (χ0v) is 26.0. The molecule has 0 aliphatic heterocycles. The van der Waals surface area contributed by atoms with E-state index in [2.05, 4.69) is 13.8 Å². The van der Waals surface area contributed by atoms with E-state index in [9.17, 15) is 29.8 Å². The van der Waals surface area contributed by atoms with Crippen molar-refractivity contribution in [3.8, 4) is 11.1 Å². The highest BCUT2D eigenvalue weighted by Crippen LogP contribution is 2.59. The van der Waals surface area contributed by atoms with Crippen LogP contribution in [0.5, 0.6) is 0 Å². The van der Waals surface area contributed by atoms with Crippen molar-refractivity contribution >= 4 is 23.9 Å². The van der Waals surface area contributed by atoms with Crippen LogP contribution in [0, 0.1) is 20.2 Å². The Labute approximate surface area is 256 Å². The van der Waals surface area contributed by atoms with E-state index in [4.69, 9.17) is 0 Å².